The summed E-state index contributed by atoms with van der Waals surface area (Å²) < 4.78 is 7.75. The van der Waals surface area contributed by atoms with Crippen molar-refractivity contribution in [1.29, 1.82) is 0 Å². The minimum atomic E-state index is -2.70. The number of thiophene rings is 1. The summed E-state index contributed by atoms with van der Waals surface area (Å²) in [5, 5.41) is 5.28. The Balaban J connectivity index is 1.89. The number of hydrogen-bond acceptors (Lipinski definition) is 3. The molecule has 0 bridgehead atoms. The van der Waals surface area contributed by atoms with Gasteiger partial charge in [-0.1, -0.05) is 81.4 Å². The van der Waals surface area contributed by atoms with Crippen LogP contribution < -0.4 is 15.7 Å². The molecule has 0 fully saturated rings. The average molecular weight is 503 g/mol. The number of hydrogen-bond donors (Lipinski definition) is 1. The molecule has 3 nitrogen and oxygen atoms in total. The molecule has 3 rings (SSSR count). The first-order chi connectivity index (χ1) is 14.2. The maximum atomic E-state index is 12.8. The number of rotatable bonds is 7. The van der Waals surface area contributed by atoms with Crippen LogP contribution in [-0.4, -0.2) is 20.8 Å². The Labute approximate surface area is 192 Å². The summed E-state index contributed by atoms with van der Waals surface area (Å²) in [6.07, 6.45) is 0. The normalized spacial score (nSPS) is 13.1. The minimum Gasteiger partial charge on any atom is -0.398 e. The Morgan fingerprint density at radius 3 is 1.97 bits per heavy atom. The van der Waals surface area contributed by atoms with Crippen LogP contribution >= 0.6 is 27.3 Å². The van der Waals surface area contributed by atoms with Crippen LogP contribution in [0.2, 0.25) is 5.04 Å². The van der Waals surface area contributed by atoms with Crippen LogP contribution in [0.5, 0.6) is 0 Å². The molecule has 1 heterocycles. The molecule has 0 unspecified atom stereocenters. The molecule has 2 aromatic carbocycles. The van der Waals surface area contributed by atoms with Gasteiger partial charge in [0.05, 0.1) is 9.83 Å². The molecule has 1 atom stereocenters. The predicted octanol–water partition coefficient (Wildman–Crippen LogP) is 5.26. The predicted molar refractivity (Wildman–Crippen MR) is 132 cm³/mol. The molecular weight excluding hydrogens is 474 g/mol. The van der Waals surface area contributed by atoms with Gasteiger partial charge in [0.1, 0.15) is 6.61 Å². The van der Waals surface area contributed by atoms with Gasteiger partial charge >= 0.3 is 0 Å². The maximum Gasteiger partial charge on any atom is 0.261 e. The second-order valence-corrected chi connectivity index (χ2v) is 15.2. The largest absolute Gasteiger partial charge is 0.398 e. The molecule has 0 aliphatic rings. The van der Waals surface area contributed by atoms with Crippen molar-refractivity contribution >= 4 is 51.9 Å². The van der Waals surface area contributed by atoms with Crippen molar-refractivity contribution in [3.05, 3.63) is 81.5 Å². The molecule has 1 amide bonds. The van der Waals surface area contributed by atoms with Crippen molar-refractivity contribution in [3.8, 4) is 0 Å². The van der Waals surface area contributed by atoms with E-state index in [-0.39, 0.29) is 23.6 Å². The summed E-state index contributed by atoms with van der Waals surface area (Å²) in [6, 6.07) is 24.7. The minimum absolute atomic E-state index is 0.0319. The molecule has 0 aliphatic heterocycles. The van der Waals surface area contributed by atoms with Crippen molar-refractivity contribution in [2.75, 3.05) is 6.61 Å². The molecule has 0 saturated carbocycles. The van der Waals surface area contributed by atoms with Crippen LogP contribution in [0.1, 0.15) is 38.6 Å². The van der Waals surface area contributed by atoms with Crippen molar-refractivity contribution in [1.82, 2.24) is 5.32 Å². The monoisotopic (exact) mass is 501 g/mol. The highest BCUT2D eigenvalue weighted by molar-refractivity contribution is 9.11. The molecule has 0 spiro atoms. The van der Waals surface area contributed by atoms with E-state index in [1.807, 2.05) is 55.5 Å². The van der Waals surface area contributed by atoms with E-state index in [1.54, 1.807) is 11.3 Å². The third kappa shape index (κ3) is 4.94. The fraction of sp³-hybridized carbons (Fsp3) is 0.292. The lowest BCUT2D eigenvalue weighted by molar-refractivity contribution is -0.123. The lowest BCUT2D eigenvalue weighted by Gasteiger charge is -2.42. The van der Waals surface area contributed by atoms with E-state index in [9.17, 15) is 4.79 Å². The van der Waals surface area contributed by atoms with Crippen molar-refractivity contribution < 1.29 is 9.22 Å². The summed E-state index contributed by atoms with van der Waals surface area (Å²) in [7, 11) is -2.70. The molecule has 6 heteroatoms. The molecule has 0 aliphatic carbocycles. The van der Waals surface area contributed by atoms with Gasteiger partial charge in [-0.15, -0.1) is 11.3 Å². The molecule has 3 aromatic rings. The highest BCUT2D eigenvalue weighted by Gasteiger charge is 2.50. The summed E-state index contributed by atoms with van der Waals surface area (Å²) in [5.41, 5.74) is 0. The third-order valence-corrected chi connectivity index (χ3v) is 12.0. The van der Waals surface area contributed by atoms with Crippen LogP contribution in [0.4, 0.5) is 0 Å². The SMILES string of the molecule is C[C@H](NC(=O)CO[Si](c1ccccc1)(c1ccccc1)C(C)(C)C)c1ccc(Br)s1. The Hall–Kier alpha value is -1.73. The van der Waals surface area contributed by atoms with E-state index in [2.05, 4.69) is 66.3 Å². The van der Waals surface area contributed by atoms with Gasteiger partial charge in [-0.25, -0.2) is 0 Å². The number of amides is 1. The van der Waals surface area contributed by atoms with Crippen LogP contribution in [0.25, 0.3) is 0 Å². The molecule has 1 aromatic heterocycles. The first-order valence-corrected chi connectivity index (χ1v) is 13.6. The zero-order valence-electron chi connectivity index (χ0n) is 17.8. The fourth-order valence-corrected chi connectivity index (χ4v) is 9.78. The quantitative estimate of drug-likeness (QED) is 0.448. The van der Waals surface area contributed by atoms with E-state index in [0.717, 1.165) is 8.66 Å². The summed E-state index contributed by atoms with van der Waals surface area (Å²) in [4.78, 5) is 14.0. The molecule has 0 saturated heterocycles. The summed E-state index contributed by atoms with van der Waals surface area (Å²) in [6.45, 7) is 8.66. The first kappa shape index (κ1) is 22.9. The Morgan fingerprint density at radius 2 is 1.53 bits per heavy atom. The first-order valence-electron chi connectivity index (χ1n) is 10.0. The lowest BCUT2D eigenvalue weighted by Crippen LogP contribution is -2.67. The molecule has 0 radical (unpaired) electrons. The number of halogens is 1. The molecule has 30 heavy (non-hydrogen) atoms. The van der Waals surface area contributed by atoms with Gasteiger partial charge < -0.3 is 9.74 Å². The highest BCUT2D eigenvalue weighted by Crippen LogP contribution is 2.36. The second-order valence-electron chi connectivity index (χ2n) is 8.38. The van der Waals surface area contributed by atoms with Gasteiger partial charge in [0, 0.05) is 4.88 Å². The van der Waals surface area contributed by atoms with Gasteiger partial charge in [-0.05, 0) is 50.4 Å². The van der Waals surface area contributed by atoms with Gasteiger partial charge in [0.15, 0.2) is 0 Å². The standard InChI is InChI=1S/C24H28BrNO2SSi/c1-18(21-15-16-22(25)29-21)26-23(27)17-28-30(24(2,3)4,19-11-7-5-8-12-19)20-13-9-6-10-14-20/h5-16,18H,17H2,1-4H3,(H,26,27)/t18-/m0/s1. The number of carbonyl (C=O) groups excluding carboxylic acids is 1. The van der Waals surface area contributed by atoms with Crippen LogP contribution in [0.3, 0.4) is 0 Å². The van der Waals surface area contributed by atoms with Crippen LogP contribution in [0, 0.1) is 0 Å². The van der Waals surface area contributed by atoms with Gasteiger partial charge in [0.2, 0.25) is 5.91 Å². The van der Waals surface area contributed by atoms with Crippen LogP contribution in [-0.2, 0) is 9.22 Å². The van der Waals surface area contributed by atoms with Gasteiger partial charge in [-0.2, -0.15) is 0 Å². The smallest absolute Gasteiger partial charge is 0.261 e. The zero-order chi connectivity index (χ0) is 21.8. The Bertz CT molecular complexity index is 930. The van der Waals surface area contributed by atoms with E-state index in [0.29, 0.717) is 0 Å². The van der Waals surface area contributed by atoms with Gasteiger partial charge in [0.25, 0.3) is 8.32 Å². The average Bonchev–Trinajstić information content (AvgIpc) is 3.15. The lowest BCUT2D eigenvalue weighted by atomic mass is 10.2. The molecule has 1 N–H and O–H groups in total. The van der Waals surface area contributed by atoms with E-state index < -0.39 is 8.32 Å². The Morgan fingerprint density at radius 1 is 1.00 bits per heavy atom. The molecular formula is C24H28BrNO2SSi. The van der Waals surface area contributed by atoms with Crippen molar-refractivity contribution in [2.24, 2.45) is 0 Å². The van der Waals surface area contributed by atoms with Crippen LogP contribution in [0.15, 0.2) is 76.6 Å². The van der Waals surface area contributed by atoms with E-state index in [4.69, 9.17) is 4.43 Å². The summed E-state index contributed by atoms with van der Waals surface area (Å²) >= 11 is 5.11. The summed E-state index contributed by atoms with van der Waals surface area (Å²) in [5.74, 6) is -0.0972. The Kier molecular flexibility index (Phi) is 7.34. The van der Waals surface area contributed by atoms with Gasteiger partial charge in [-0.3, -0.25) is 4.79 Å². The number of nitrogens with one attached hydrogen (secondary N) is 1. The maximum absolute atomic E-state index is 12.8. The third-order valence-electron chi connectivity index (χ3n) is 5.23. The second kappa shape index (κ2) is 9.60. The van der Waals surface area contributed by atoms with E-state index >= 15 is 0 Å². The highest BCUT2D eigenvalue weighted by atomic mass is 79.9. The zero-order valence-corrected chi connectivity index (χ0v) is 21.2. The van der Waals surface area contributed by atoms with Crippen molar-refractivity contribution in [2.45, 2.75) is 38.8 Å². The topological polar surface area (TPSA) is 38.3 Å². The number of carbonyl (C=O) groups is 1. The fourth-order valence-electron chi connectivity index (χ4n) is 3.85. The number of benzene rings is 2. The van der Waals surface area contributed by atoms with E-state index in [1.165, 1.54) is 10.4 Å². The molecule has 158 valence electrons. The van der Waals surface area contributed by atoms with Crippen molar-refractivity contribution in [3.63, 3.8) is 0 Å².